The Bertz CT molecular complexity index is 894. The third-order valence-electron chi connectivity index (χ3n) is 4.75. The van der Waals surface area contributed by atoms with Crippen molar-refractivity contribution < 1.29 is 14.3 Å². The van der Waals surface area contributed by atoms with Crippen molar-refractivity contribution in [2.75, 3.05) is 33.1 Å². The molecule has 1 aromatic heterocycles. The van der Waals surface area contributed by atoms with Crippen molar-refractivity contribution in [1.82, 2.24) is 9.88 Å². The lowest BCUT2D eigenvalue weighted by Gasteiger charge is -2.30. The Morgan fingerprint density at radius 3 is 2.74 bits per heavy atom. The van der Waals surface area contributed by atoms with E-state index in [0.717, 1.165) is 24.9 Å². The highest BCUT2D eigenvalue weighted by atomic mass is 32.2. The van der Waals surface area contributed by atoms with E-state index in [-0.39, 0.29) is 11.7 Å². The molecule has 27 heavy (non-hydrogen) atoms. The molecule has 142 valence electrons. The Labute approximate surface area is 163 Å². The number of aromatic nitrogens is 1. The van der Waals surface area contributed by atoms with E-state index in [1.807, 2.05) is 4.90 Å². The summed E-state index contributed by atoms with van der Waals surface area (Å²) >= 11 is 1.32. The van der Waals surface area contributed by atoms with Gasteiger partial charge in [0.05, 0.1) is 31.1 Å². The molecule has 1 atom stereocenters. The molecular formula is C20H23N3O3S. The molecule has 6 nitrogen and oxygen atoms in total. The maximum absolute atomic E-state index is 12.5. The molecule has 0 radical (unpaired) electrons. The van der Waals surface area contributed by atoms with E-state index in [0.29, 0.717) is 33.5 Å². The van der Waals surface area contributed by atoms with Crippen molar-refractivity contribution in [3.8, 4) is 17.6 Å². The number of nitriles is 1. The number of pyridine rings is 1. The van der Waals surface area contributed by atoms with E-state index >= 15 is 0 Å². The number of methoxy groups -OCH3 is 2. The van der Waals surface area contributed by atoms with Crippen LogP contribution in [0.1, 0.15) is 25.3 Å². The molecule has 0 aliphatic carbocycles. The summed E-state index contributed by atoms with van der Waals surface area (Å²) in [5.74, 6) is 2.10. The van der Waals surface area contributed by atoms with Crippen LogP contribution in [0.15, 0.2) is 23.2 Å². The molecule has 2 aromatic rings. The van der Waals surface area contributed by atoms with Gasteiger partial charge >= 0.3 is 0 Å². The number of ether oxygens (including phenoxy) is 2. The third kappa shape index (κ3) is 4.28. The molecule has 1 saturated heterocycles. The zero-order valence-electron chi connectivity index (χ0n) is 15.8. The Hall–Kier alpha value is -2.46. The zero-order chi connectivity index (χ0) is 19.4. The molecule has 0 N–H and O–H groups in total. The third-order valence-corrected chi connectivity index (χ3v) is 5.72. The lowest BCUT2D eigenvalue weighted by atomic mass is 10.0. The summed E-state index contributed by atoms with van der Waals surface area (Å²) in [6.07, 6.45) is 2.23. The van der Waals surface area contributed by atoms with E-state index in [1.165, 1.54) is 18.2 Å². The van der Waals surface area contributed by atoms with Crippen LogP contribution in [0.4, 0.5) is 0 Å². The molecule has 1 aromatic carbocycles. The number of carbonyl (C=O) groups excluding carboxylic acids is 1. The zero-order valence-corrected chi connectivity index (χ0v) is 16.6. The second-order valence-electron chi connectivity index (χ2n) is 6.73. The fourth-order valence-corrected chi connectivity index (χ4v) is 4.18. The Kier molecular flexibility index (Phi) is 6.07. The number of hydrogen-bond acceptors (Lipinski definition) is 6. The molecule has 1 aliphatic rings. The minimum Gasteiger partial charge on any atom is -0.493 e. The number of amides is 1. The van der Waals surface area contributed by atoms with Gasteiger partial charge in [0, 0.05) is 24.5 Å². The lowest BCUT2D eigenvalue weighted by molar-refractivity contribution is -0.130. The van der Waals surface area contributed by atoms with Crippen LogP contribution < -0.4 is 9.47 Å². The van der Waals surface area contributed by atoms with Gasteiger partial charge < -0.3 is 14.4 Å². The minimum absolute atomic E-state index is 0.102. The number of rotatable bonds is 5. The van der Waals surface area contributed by atoms with Crippen LogP contribution in [0.3, 0.4) is 0 Å². The number of nitrogens with zero attached hydrogens (tertiary/aromatic N) is 3. The van der Waals surface area contributed by atoms with Crippen molar-refractivity contribution in [1.29, 1.82) is 5.26 Å². The largest absolute Gasteiger partial charge is 0.493 e. The molecule has 1 fully saturated rings. The smallest absolute Gasteiger partial charge is 0.232 e. The van der Waals surface area contributed by atoms with Crippen LogP contribution in [-0.4, -0.2) is 48.9 Å². The molecular weight excluding hydrogens is 362 g/mol. The molecule has 7 heteroatoms. The first-order valence-corrected chi connectivity index (χ1v) is 9.91. The van der Waals surface area contributed by atoms with E-state index in [9.17, 15) is 10.1 Å². The number of benzene rings is 1. The monoisotopic (exact) mass is 385 g/mol. The second kappa shape index (κ2) is 8.49. The maximum atomic E-state index is 12.5. The van der Waals surface area contributed by atoms with Gasteiger partial charge in [0.2, 0.25) is 5.91 Å². The molecule has 0 saturated carbocycles. The standard InChI is InChI=1S/C20H23N3O3S/c1-13-5-4-6-23(11-13)19(24)12-27-20-15(10-21)7-14-8-17(25-2)18(26-3)9-16(14)22-20/h7-9,13H,4-6,11-12H2,1-3H3. The predicted molar refractivity (Wildman–Crippen MR) is 105 cm³/mol. The first-order chi connectivity index (χ1) is 13.0. The van der Waals surface area contributed by atoms with Crippen molar-refractivity contribution in [3.63, 3.8) is 0 Å². The quantitative estimate of drug-likeness (QED) is 0.734. The fourth-order valence-electron chi connectivity index (χ4n) is 3.31. The Morgan fingerprint density at radius 1 is 1.33 bits per heavy atom. The average molecular weight is 385 g/mol. The summed E-state index contributed by atoms with van der Waals surface area (Å²) in [6.45, 7) is 3.80. The summed E-state index contributed by atoms with van der Waals surface area (Å²) in [6, 6.07) is 7.55. The average Bonchev–Trinajstić information content (AvgIpc) is 2.70. The molecule has 0 bridgehead atoms. The van der Waals surface area contributed by atoms with Crippen molar-refractivity contribution >= 4 is 28.6 Å². The number of likely N-dealkylation sites (tertiary alicyclic amines) is 1. The van der Waals surface area contributed by atoms with E-state index in [1.54, 1.807) is 32.4 Å². The van der Waals surface area contributed by atoms with Gasteiger partial charge in [0.15, 0.2) is 11.5 Å². The van der Waals surface area contributed by atoms with Crippen molar-refractivity contribution in [2.24, 2.45) is 5.92 Å². The van der Waals surface area contributed by atoms with Crippen LogP contribution in [0.2, 0.25) is 0 Å². The summed E-state index contributed by atoms with van der Waals surface area (Å²) in [7, 11) is 3.14. The minimum atomic E-state index is 0.102. The predicted octanol–water partition coefficient (Wildman–Crippen LogP) is 3.47. The Balaban J connectivity index is 1.83. The highest BCUT2D eigenvalue weighted by Crippen LogP contribution is 2.34. The van der Waals surface area contributed by atoms with E-state index in [4.69, 9.17) is 9.47 Å². The summed E-state index contributed by atoms with van der Waals surface area (Å²) < 4.78 is 10.6. The topological polar surface area (TPSA) is 75.5 Å². The molecule has 0 spiro atoms. The van der Waals surface area contributed by atoms with Crippen molar-refractivity contribution in [3.05, 3.63) is 23.8 Å². The first kappa shape index (κ1) is 19.3. The van der Waals surface area contributed by atoms with Crippen molar-refractivity contribution in [2.45, 2.75) is 24.8 Å². The summed E-state index contributed by atoms with van der Waals surface area (Å²) in [5.41, 5.74) is 1.16. The van der Waals surface area contributed by atoms with Crippen LogP contribution in [0, 0.1) is 17.2 Å². The number of fused-ring (bicyclic) bond motifs is 1. The summed E-state index contributed by atoms with van der Waals surface area (Å²) in [5, 5.41) is 10.9. The van der Waals surface area contributed by atoms with Gasteiger partial charge in [0.1, 0.15) is 11.1 Å². The SMILES string of the molecule is COc1cc2cc(C#N)c(SCC(=O)N3CCCC(C)C3)nc2cc1OC. The second-order valence-corrected chi connectivity index (χ2v) is 7.69. The van der Waals surface area contributed by atoms with Gasteiger partial charge in [-0.05, 0) is 30.9 Å². The lowest BCUT2D eigenvalue weighted by Crippen LogP contribution is -2.40. The highest BCUT2D eigenvalue weighted by molar-refractivity contribution is 8.00. The maximum Gasteiger partial charge on any atom is 0.232 e. The molecule has 1 aliphatic heterocycles. The summed E-state index contributed by atoms with van der Waals surface area (Å²) in [4.78, 5) is 19.0. The highest BCUT2D eigenvalue weighted by Gasteiger charge is 2.21. The van der Waals surface area contributed by atoms with Crippen LogP contribution in [0.5, 0.6) is 11.5 Å². The molecule has 3 rings (SSSR count). The normalized spacial score (nSPS) is 16.8. The van der Waals surface area contributed by atoms with Gasteiger partial charge in [-0.25, -0.2) is 4.98 Å². The molecule has 1 amide bonds. The van der Waals surface area contributed by atoms with Gasteiger partial charge in [-0.3, -0.25) is 4.79 Å². The van der Waals surface area contributed by atoms with Gasteiger partial charge in [-0.15, -0.1) is 0 Å². The number of hydrogen-bond donors (Lipinski definition) is 0. The fraction of sp³-hybridized carbons (Fsp3) is 0.450. The molecule has 1 unspecified atom stereocenters. The molecule has 2 heterocycles. The van der Waals surface area contributed by atoms with Gasteiger partial charge in [-0.1, -0.05) is 18.7 Å². The van der Waals surface area contributed by atoms with Crippen LogP contribution in [0.25, 0.3) is 10.9 Å². The van der Waals surface area contributed by atoms with Gasteiger partial charge in [-0.2, -0.15) is 5.26 Å². The number of piperidine rings is 1. The van der Waals surface area contributed by atoms with E-state index < -0.39 is 0 Å². The van der Waals surface area contributed by atoms with Gasteiger partial charge in [0.25, 0.3) is 0 Å². The number of carbonyl (C=O) groups is 1. The number of thioether (sulfide) groups is 1. The van der Waals surface area contributed by atoms with E-state index in [2.05, 4.69) is 18.0 Å². The van der Waals surface area contributed by atoms with Crippen LogP contribution >= 0.6 is 11.8 Å². The van der Waals surface area contributed by atoms with Crippen LogP contribution in [-0.2, 0) is 4.79 Å². The first-order valence-electron chi connectivity index (χ1n) is 8.93. The Morgan fingerprint density at radius 2 is 2.07 bits per heavy atom.